The first-order valence-corrected chi connectivity index (χ1v) is 12.0. The summed E-state index contributed by atoms with van der Waals surface area (Å²) in [5, 5.41) is 3.83. The molecule has 0 bridgehead atoms. The van der Waals surface area contributed by atoms with Gasteiger partial charge in [0.2, 0.25) is 5.91 Å². The average Bonchev–Trinajstić information content (AvgIpc) is 3.49. The highest BCUT2D eigenvalue weighted by Crippen LogP contribution is 2.61. The molecule has 2 fully saturated rings. The average molecular weight is 477 g/mol. The summed E-state index contributed by atoms with van der Waals surface area (Å²) >= 11 is 12.4. The molecule has 4 nitrogen and oxygen atoms in total. The molecule has 3 aromatic rings. The van der Waals surface area contributed by atoms with E-state index in [0.717, 1.165) is 36.2 Å². The van der Waals surface area contributed by atoms with E-state index in [1.807, 2.05) is 42.5 Å². The molecular weight excluding hydrogens is 455 g/mol. The minimum atomic E-state index is -1.05. The predicted molar refractivity (Wildman–Crippen MR) is 130 cm³/mol. The van der Waals surface area contributed by atoms with Gasteiger partial charge >= 0.3 is 0 Å². The molecule has 4 atom stereocenters. The zero-order valence-electron chi connectivity index (χ0n) is 17.8. The Hall–Kier alpha value is -2.66. The molecule has 3 unspecified atom stereocenters. The lowest BCUT2D eigenvalue weighted by Crippen LogP contribution is -2.52. The molecule has 1 N–H and O–H groups in total. The Bertz CT molecular complexity index is 1280. The molecule has 3 heterocycles. The molecule has 3 aliphatic rings. The monoisotopic (exact) mass is 476 g/mol. The lowest BCUT2D eigenvalue weighted by molar-refractivity contribution is -0.127. The van der Waals surface area contributed by atoms with Gasteiger partial charge in [-0.2, -0.15) is 0 Å². The van der Waals surface area contributed by atoms with Gasteiger partial charge in [-0.3, -0.25) is 14.5 Å². The molecule has 33 heavy (non-hydrogen) atoms. The Morgan fingerprint density at radius 3 is 2.52 bits per heavy atom. The van der Waals surface area contributed by atoms with Gasteiger partial charge in [0.15, 0.2) is 5.78 Å². The third kappa shape index (κ3) is 2.87. The number of carbonyl (C=O) groups excluding carboxylic acids is 2. The normalized spacial score (nSPS) is 28.1. The third-order valence-electron chi connectivity index (χ3n) is 7.58. The highest BCUT2D eigenvalue weighted by Gasteiger charge is 2.69. The van der Waals surface area contributed by atoms with Gasteiger partial charge in [-0.25, -0.2) is 0 Å². The number of hydrogen-bond acceptors (Lipinski definition) is 3. The number of carbonyl (C=O) groups is 2. The van der Waals surface area contributed by atoms with Crippen molar-refractivity contribution in [2.45, 2.75) is 30.3 Å². The van der Waals surface area contributed by atoms with Crippen molar-refractivity contribution in [2.75, 3.05) is 11.9 Å². The first-order chi connectivity index (χ1) is 16.0. The number of Topliss-reactive ketones (excluding diaryl/α,β-unsaturated/α-hetero) is 1. The highest BCUT2D eigenvalue weighted by molar-refractivity contribution is 6.42. The standard InChI is InChI=1S/C27H22Cl2N2O2/c28-19-13-12-17(15-20(19)29)25(32)24-23(16-7-2-1-3-8-16)22-11-6-14-31(22)27(24)18-9-4-5-10-21(18)30-26(27)33/h1-5,7-10,12-13,15,22-24H,6,11,14H2,(H,30,33)/t22?,23?,24?,27-/m1/s1. The van der Waals surface area contributed by atoms with Crippen LogP contribution in [0.4, 0.5) is 5.69 Å². The quantitative estimate of drug-likeness (QED) is 0.478. The first-order valence-electron chi connectivity index (χ1n) is 11.3. The topological polar surface area (TPSA) is 49.4 Å². The second-order valence-electron chi connectivity index (χ2n) is 9.08. The minimum Gasteiger partial charge on any atom is -0.324 e. The van der Waals surface area contributed by atoms with Crippen LogP contribution in [0.2, 0.25) is 10.0 Å². The van der Waals surface area contributed by atoms with Crippen molar-refractivity contribution in [1.29, 1.82) is 0 Å². The maximum Gasteiger partial charge on any atom is 0.250 e. The molecule has 0 radical (unpaired) electrons. The molecule has 1 spiro atoms. The van der Waals surface area contributed by atoms with Crippen LogP contribution in [0.15, 0.2) is 72.8 Å². The minimum absolute atomic E-state index is 0.0799. The Morgan fingerprint density at radius 2 is 1.73 bits per heavy atom. The molecule has 6 rings (SSSR count). The number of rotatable bonds is 3. The zero-order chi connectivity index (χ0) is 22.7. The number of hydrogen-bond donors (Lipinski definition) is 1. The van der Waals surface area contributed by atoms with Crippen LogP contribution in [0.25, 0.3) is 0 Å². The van der Waals surface area contributed by atoms with E-state index in [1.54, 1.807) is 18.2 Å². The van der Waals surface area contributed by atoms with E-state index in [1.165, 1.54) is 0 Å². The van der Waals surface area contributed by atoms with E-state index in [9.17, 15) is 9.59 Å². The van der Waals surface area contributed by atoms with Gasteiger partial charge in [-0.1, -0.05) is 71.7 Å². The number of nitrogens with zero attached hydrogens (tertiary/aromatic N) is 1. The number of benzene rings is 3. The van der Waals surface area contributed by atoms with Gasteiger partial charge in [0, 0.05) is 28.8 Å². The van der Waals surface area contributed by atoms with Crippen molar-refractivity contribution in [3.63, 3.8) is 0 Å². The maximum atomic E-state index is 14.3. The first kappa shape index (κ1) is 20.9. The molecule has 0 aliphatic carbocycles. The van der Waals surface area contributed by atoms with Gasteiger partial charge in [0.1, 0.15) is 5.54 Å². The maximum absolute atomic E-state index is 14.3. The highest BCUT2D eigenvalue weighted by atomic mass is 35.5. The Balaban J connectivity index is 1.61. The fourth-order valence-electron chi connectivity index (χ4n) is 6.39. The van der Waals surface area contributed by atoms with Gasteiger partial charge in [0.05, 0.1) is 16.0 Å². The summed E-state index contributed by atoms with van der Waals surface area (Å²) in [7, 11) is 0. The van der Waals surface area contributed by atoms with E-state index < -0.39 is 11.5 Å². The van der Waals surface area contributed by atoms with Crippen LogP contribution in [0.3, 0.4) is 0 Å². The van der Waals surface area contributed by atoms with Gasteiger partial charge in [-0.15, -0.1) is 0 Å². The third-order valence-corrected chi connectivity index (χ3v) is 8.32. The van der Waals surface area contributed by atoms with Gasteiger partial charge < -0.3 is 5.32 Å². The van der Waals surface area contributed by atoms with Crippen LogP contribution >= 0.6 is 23.2 Å². The molecule has 6 heteroatoms. The lowest BCUT2D eigenvalue weighted by Gasteiger charge is -2.37. The van der Waals surface area contributed by atoms with Gasteiger partial charge in [-0.05, 0) is 49.2 Å². The van der Waals surface area contributed by atoms with Crippen molar-refractivity contribution in [3.05, 3.63) is 99.5 Å². The van der Waals surface area contributed by atoms with E-state index in [2.05, 4.69) is 22.3 Å². The van der Waals surface area contributed by atoms with E-state index in [0.29, 0.717) is 15.6 Å². The van der Waals surface area contributed by atoms with Crippen LogP contribution in [0, 0.1) is 5.92 Å². The summed E-state index contributed by atoms with van der Waals surface area (Å²) < 4.78 is 0. The van der Waals surface area contributed by atoms with Crippen LogP contribution in [0.5, 0.6) is 0 Å². The van der Waals surface area contributed by atoms with Crippen LogP contribution in [-0.2, 0) is 10.3 Å². The molecule has 2 saturated heterocycles. The number of anilines is 1. The number of nitrogens with one attached hydrogen (secondary N) is 1. The molecule has 3 aliphatic heterocycles. The smallest absolute Gasteiger partial charge is 0.250 e. The second kappa shape index (κ2) is 7.69. The number of ketones is 1. The molecule has 3 aromatic carbocycles. The lowest BCUT2D eigenvalue weighted by atomic mass is 9.69. The van der Waals surface area contributed by atoms with Crippen molar-refractivity contribution in [3.8, 4) is 0 Å². The molecule has 166 valence electrons. The fraction of sp³-hybridized carbons (Fsp3) is 0.259. The van der Waals surface area contributed by atoms with Crippen LogP contribution in [0.1, 0.15) is 40.2 Å². The summed E-state index contributed by atoms with van der Waals surface area (Å²) in [6.07, 6.45) is 1.95. The number of halogens is 2. The summed E-state index contributed by atoms with van der Waals surface area (Å²) in [5.41, 5.74) is 2.18. The SMILES string of the molecule is O=C(c1ccc(Cl)c(Cl)c1)C1C(c2ccccc2)C2CCCN2[C@@]12C(=O)Nc1ccccc12. The molecule has 0 aromatic heterocycles. The Morgan fingerprint density at radius 1 is 0.970 bits per heavy atom. The van der Waals surface area contributed by atoms with E-state index in [4.69, 9.17) is 23.2 Å². The fourth-order valence-corrected chi connectivity index (χ4v) is 6.69. The van der Waals surface area contributed by atoms with E-state index >= 15 is 0 Å². The zero-order valence-corrected chi connectivity index (χ0v) is 19.3. The predicted octanol–water partition coefficient (Wildman–Crippen LogP) is 5.90. The van der Waals surface area contributed by atoms with Crippen molar-refractivity contribution in [1.82, 2.24) is 4.90 Å². The summed E-state index contributed by atoms with van der Waals surface area (Å²) in [5.74, 6) is -0.908. The van der Waals surface area contributed by atoms with Crippen molar-refractivity contribution in [2.24, 2.45) is 5.92 Å². The van der Waals surface area contributed by atoms with Gasteiger partial charge in [0.25, 0.3) is 0 Å². The second-order valence-corrected chi connectivity index (χ2v) is 9.89. The Labute approximate surface area is 202 Å². The summed E-state index contributed by atoms with van der Waals surface area (Å²) in [4.78, 5) is 30.5. The number of para-hydroxylation sites is 1. The molecular formula is C27H22Cl2N2O2. The van der Waals surface area contributed by atoms with Crippen LogP contribution < -0.4 is 5.32 Å². The molecule has 1 amide bonds. The van der Waals surface area contributed by atoms with Crippen LogP contribution in [-0.4, -0.2) is 29.2 Å². The number of fused-ring (bicyclic) bond motifs is 4. The number of amides is 1. The molecule has 0 saturated carbocycles. The van der Waals surface area contributed by atoms with E-state index in [-0.39, 0.29) is 23.7 Å². The van der Waals surface area contributed by atoms with Crippen molar-refractivity contribution >= 4 is 40.6 Å². The van der Waals surface area contributed by atoms with Crippen molar-refractivity contribution < 1.29 is 9.59 Å². The summed E-state index contributed by atoms with van der Waals surface area (Å²) in [6, 6.07) is 23.0. The largest absolute Gasteiger partial charge is 0.324 e. The Kier molecular flexibility index (Phi) is 4.88. The summed E-state index contributed by atoms with van der Waals surface area (Å²) in [6.45, 7) is 0.779.